The molecule has 3 rings (SSSR count). The quantitative estimate of drug-likeness (QED) is 0.815. The van der Waals surface area contributed by atoms with Crippen LogP contribution >= 0.6 is 23.2 Å². The molecule has 2 aromatic carbocycles. The summed E-state index contributed by atoms with van der Waals surface area (Å²) in [6.45, 7) is 1.57. The molecule has 7 heteroatoms. The summed E-state index contributed by atoms with van der Waals surface area (Å²) in [5.41, 5.74) is 0.884. The molecular weight excluding hydrogens is 375 g/mol. The molecule has 0 saturated carbocycles. The van der Waals surface area contributed by atoms with Crippen LogP contribution in [0.15, 0.2) is 42.5 Å². The molecule has 2 aromatic rings. The van der Waals surface area contributed by atoms with Crippen molar-refractivity contribution in [3.8, 4) is 11.5 Å². The van der Waals surface area contributed by atoms with Gasteiger partial charge in [-0.25, -0.2) is 0 Å². The number of halogens is 2. The first-order valence-electron chi connectivity index (χ1n) is 8.29. The van der Waals surface area contributed by atoms with Gasteiger partial charge in [0.2, 0.25) is 5.91 Å². The zero-order chi connectivity index (χ0) is 18.5. The van der Waals surface area contributed by atoms with Gasteiger partial charge >= 0.3 is 0 Å². The summed E-state index contributed by atoms with van der Waals surface area (Å²) in [4.78, 5) is 14.1. The fourth-order valence-corrected chi connectivity index (χ4v) is 3.09. The van der Waals surface area contributed by atoms with E-state index in [9.17, 15) is 4.79 Å². The minimum absolute atomic E-state index is 0.0897. The summed E-state index contributed by atoms with van der Waals surface area (Å²) in [7, 11) is 1.85. The van der Waals surface area contributed by atoms with Gasteiger partial charge < -0.3 is 14.8 Å². The lowest BCUT2D eigenvalue weighted by Gasteiger charge is -2.26. The molecule has 1 atom stereocenters. The highest BCUT2D eigenvalue weighted by Gasteiger charge is 2.21. The zero-order valence-corrected chi connectivity index (χ0v) is 15.9. The number of rotatable bonds is 6. The summed E-state index contributed by atoms with van der Waals surface area (Å²) in [5, 5.41) is 3.91. The molecule has 0 aliphatic carbocycles. The smallest absolute Gasteiger partial charge is 0.234 e. The van der Waals surface area contributed by atoms with Gasteiger partial charge in [0.1, 0.15) is 12.7 Å². The number of hydrogen-bond acceptors (Lipinski definition) is 4. The van der Waals surface area contributed by atoms with E-state index in [1.807, 2.05) is 48.3 Å². The second-order valence-corrected chi connectivity index (χ2v) is 6.97. The van der Waals surface area contributed by atoms with Crippen LogP contribution in [0.1, 0.15) is 5.56 Å². The number of nitrogens with one attached hydrogen (secondary N) is 1. The van der Waals surface area contributed by atoms with Gasteiger partial charge in [0.05, 0.1) is 23.1 Å². The molecule has 0 aromatic heterocycles. The van der Waals surface area contributed by atoms with Crippen molar-refractivity contribution in [2.24, 2.45) is 0 Å². The summed E-state index contributed by atoms with van der Waals surface area (Å²) < 4.78 is 11.5. The van der Waals surface area contributed by atoms with Crippen LogP contribution in [-0.2, 0) is 11.3 Å². The van der Waals surface area contributed by atoms with Gasteiger partial charge in [-0.05, 0) is 30.8 Å². The second kappa shape index (κ2) is 8.62. The third-order valence-electron chi connectivity index (χ3n) is 3.98. The van der Waals surface area contributed by atoms with E-state index in [2.05, 4.69) is 5.32 Å². The van der Waals surface area contributed by atoms with Crippen molar-refractivity contribution in [2.45, 2.75) is 12.6 Å². The predicted octanol–water partition coefficient (Wildman–Crippen LogP) is 3.38. The number of amides is 1. The number of ether oxygens (including phenoxy) is 2. The molecule has 138 valence electrons. The van der Waals surface area contributed by atoms with Gasteiger partial charge in [0.25, 0.3) is 0 Å². The number of para-hydroxylation sites is 2. The molecule has 0 radical (unpaired) electrons. The predicted molar refractivity (Wildman–Crippen MR) is 102 cm³/mol. The minimum atomic E-state index is -0.207. The molecule has 1 unspecified atom stereocenters. The Morgan fingerprint density at radius 1 is 1.19 bits per heavy atom. The summed E-state index contributed by atoms with van der Waals surface area (Å²) >= 11 is 12.2. The fourth-order valence-electron chi connectivity index (χ4n) is 2.71. The highest BCUT2D eigenvalue weighted by atomic mass is 35.5. The normalized spacial score (nSPS) is 15.8. The summed E-state index contributed by atoms with van der Waals surface area (Å²) in [5.74, 6) is 1.34. The highest BCUT2D eigenvalue weighted by molar-refractivity contribution is 6.42. The Morgan fingerprint density at radius 2 is 1.96 bits per heavy atom. The lowest BCUT2D eigenvalue weighted by atomic mass is 10.2. The van der Waals surface area contributed by atoms with Crippen molar-refractivity contribution < 1.29 is 14.3 Å². The van der Waals surface area contributed by atoms with Crippen molar-refractivity contribution in [3.05, 3.63) is 58.1 Å². The van der Waals surface area contributed by atoms with Crippen molar-refractivity contribution in [2.75, 3.05) is 26.7 Å². The van der Waals surface area contributed by atoms with Gasteiger partial charge in [-0.1, -0.05) is 47.5 Å². The van der Waals surface area contributed by atoms with E-state index >= 15 is 0 Å². The average molecular weight is 395 g/mol. The average Bonchev–Trinajstić information content (AvgIpc) is 2.63. The number of carbonyl (C=O) groups is 1. The number of fused-ring (bicyclic) bond motifs is 1. The van der Waals surface area contributed by atoms with E-state index in [0.29, 0.717) is 35.5 Å². The Labute approximate surface area is 162 Å². The van der Waals surface area contributed by atoms with Crippen molar-refractivity contribution in [1.29, 1.82) is 0 Å². The standard InChI is InChI=1S/C19H20Cl2N2O3/c1-23(10-13-5-4-6-15(20)19(13)21)11-18(24)22-9-14-12-25-16-7-2-3-8-17(16)26-14/h2-8,14H,9-12H2,1H3,(H,22,24). The van der Waals surface area contributed by atoms with E-state index in [4.69, 9.17) is 32.7 Å². The van der Waals surface area contributed by atoms with Gasteiger partial charge in [-0.15, -0.1) is 0 Å². The molecule has 1 amide bonds. The van der Waals surface area contributed by atoms with Crippen LogP contribution in [-0.4, -0.2) is 43.7 Å². The maximum Gasteiger partial charge on any atom is 0.234 e. The van der Waals surface area contributed by atoms with Crippen molar-refractivity contribution in [1.82, 2.24) is 10.2 Å². The zero-order valence-electron chi connectivity index (χ0n) is 14.4. The van der Waals surface area contributed by atoms with Crippen LogP contribution in [0.3, 0.4) is 0 Å². The number of carbonyl (C=O) groups excluding carboxylic acids is 1. The largest absolute Gasteiger partial charge is 0.486 e. The molecule has 1 N–H and O–H groups in total. The Hall–Kier alpha value is -1.95. The molecule has 0 saturated heterocycles. The molecule has 1 heterocycles. The van der Waals surface area contributed by atoms with E-state index in [-0.39, 0.29) is 18.6 Å². The van der Waals surface area contributed by atoms with Crippen LogP contribution in [0, 0.1) is 0 Å². The lowest BCUT2D eigenvalue weighted by Crippen LogP contribution is -2.43. The van der Waals surface area contributed by atoms with Gasteiger partial charge in [-0.3, -0.25) is 9.69 Å². The first-order chi connectivity index (χ1) is 12.5. The molecule has 1 aliphatic rings. The molecule has 26 heavy (non-hydrogen) atoms. The monoisotopic (exact) mass is 394 g/mol. The molecule has 1 aliphatic heterocycles. The Balaban J connectivity index is 1.45. The number of hydrogen-bond donors (Lipinski definition) is 1. The van der Waals surface area contributed by atoms with Crippen LogP contribution in [0.5, 0.6) is 11.5 Å². The molecule has 0 bridgehead atoms. The first kappa shape index (κ1) is 18.8. The molecular formula is C19H20Cl2N2O3. The van der Waals surface area contributed by atoms with Crippen LogP contribution < -0.4 is 14.8 Å². The Kier molecular flexibility index (Phi) is 6.25. The third-order valence-corrected chi connectivity index (χ3v) is 4.84. The summed E-state index contributed by atoms with van der Waals surface area (Å²) in [6, 6.07) is 13.0. The van der Waals surface area contributed by atoms with E-state index in [1.165, 1.54) is 0 Å². The van der Waals surface area contributed by atoms with E-state index < -0.39 is 0 Å². The minimum Gasteiger partial charge on any atom is -0.486 e. The van der Waals surface area contributed by atoms with Gasteiger partial charge in [-0.2, -0.15) is 0 Å². The maximum atomic E-state index is 12.2. The van der Waals surface area contributed by atoms with Crippen molar-refractivity contribution in [3.63, 3.8) is 0 Å². The number of likely N-dealkylation sites (N-methyl/N-ethyl adjacent to an activating group) is 1. The van der Waals surface area contributed by atoms with Crippen LogP contribution in [0.4, 0.5) is 0 Å². The number of nitrogens with zero attached hydrogens (tertiary/aromatic N) is 1. The Bertz CT molecular complexity index is 785. The fraction of sp³-hybridized carbons (Fsp3) is 0.316. The van der Waals surface area contributed by atoms with E-state index in [1.54, 1.807) is 6.07 Å². The topological polar surface area (TPSA) is 50.8 Å². The van der Waals surface area contributed by atoms with Crippen LogP contribution in [0.25, 0.3) is 0 Å². The lowest BCUT2D eigenvalue weighted by molar-refractivity contribution is -0.122. The molecule has 0 spiro atoms. The maximum absolute atomic E-state index is 12.2. The van der Waals surface area contributed by atoms with E-state index in [0.717, 1.165) is 11.3 Å². The SMILES string of the molecule is CN(CC(=O)NCC1COc2ccccc2O1)Cc1cccc(Cl)c1Cl. The van der Waals surface area contributed by atoms with Gasteiger partial charge in [0, 0.05) is 6.54 Å². The second-order valence-electron chi connectivity index (χ2n) is 6.19. The highest BCUT2D eigenvalue weighted by Crippen LogP contribution is 2.30. The summed E-state index contributed by atoms with van der Waals surface area (Å²) in [6.07, 6.45) is -0.207. The van der Waals surface area contributed by atoms with Crippen LogP contribution in [0.2, 0.25) is 10.0 Å². The van der Waals surface area contributed by atoms with Gasteiger partial charge in [0.15, 0.2) is 11.5 Å². The Morgan fingerprint density at radius 3 is 2.77 bits per heavy atom. The first-order valence-corrected chi connectivity index (χ1v) is 9.05. The number of benzene rings is 2. The van der Waals surface area contributed by atoms with Crippen molar-refractivity contribution >= 4 is 29.1 Å². The molecule has 0 fully saturated rings. The molecule has 5 nitrogen and oxygen atoms in total. The third kappa shape index (κ3) is 4.81.